The first-order chi connectivity index (χ1) is 9.04. The molecule has 3 N–H and O–H groups in total. The highest BCUT2D eigenvalue weighted by atomic mass is 35.5. The second kappa shape index (κ2) is 8.32. The maximum Gasteiger partial charge on any atom is 0.106 e. The van der Waals surface area contributed by atoms with Crippen molar-refractivity contribution in [1.82, 2.24) is 4.90 Å². The van der Waals surface area contributed by atoms with Crippen LogP contribution in [-0.2, 0) is 4.74 Å². The zero-order chi connectivity index (χ0) is 14.3. The van der Waals surface area contributed by atoms with Gasteiger partial charge in [-0.25, -0.2) is 0 Å². The Labute approximate surface area is 124 Å². The number of thiocarbonyl (C=S) groups is 1. The molecule has 6 heteroatoms. The zero-order valence-electron chi connectivity index (χ0n) is 11.3. The first-order valence-electron chi connectivity index (χ1n) is 6.05. The van der Waals surface area contributed by atoms with Gasteiger partial charge in [0.1, 0.15) is 4.99 Å². The number of hydrogen-bond donors (Lipinski definition) is 2. The van der Waals surface area contributed by atoms with Gasteiger partial charge in [-0.05, 0) is 25.2 Å². The van der Waals surface area contributed by atoms with Gasteiger partial charge in [-0.15, -0.1) is 0 Å². The topological polar surface area (TPSA) is 50.5 Å². The van der Waals surface area contributed by atoms with Crippen LogP contribution in [0.1, 0.15) is 5.56 Å². The van der Waals surface area contributed by atoms with Gasteiger partial charge in [0, 0.05) is 43.0 Å². The number of rotatable bonds is 8. The molecular weight excluding hydrogens is 282 g/mol. The van der Waals surface area contributed by atoms with Crippen LogP contribution < -0.4 is 11.1 Å². The number of ether oxygens (including phenoxy) is 1. The van der Waals surface area contributed by atoms with Crippen molar-refractivity contribution in [3.8, 4) is 0 Å². The molecule has 0 saturated heterocycles. The van der Waals surface area contributed by atoms with Gasteiger partial charge in [-0.3, -0.25) is 0 Å². The summed E-state index contributed by atoms with van der Waals surface area (Å²) in [6.45, 7) is 3.34. The molecule has 1 aromatic carbocycles. The highest BCUT2D eigenvalue weighted by Crippen LogP contribution is 2.20. The van der Waals surface area contributed by atoms with Crippen molar-refractivity contribution >= 4 is 34.5 Å². The smallest absolute Gasteiger partial charge is 0.106 e. The quantitative estimate of drug-likeness (QED) is 0.719. The third kappa shape index (κ3) is 5.74. The molecule has 19 heavy (non-hydrogen) atoms. The molecule has 0 saturated carbocycles. The predicted molar refractivity (Wildman–Crippen MR) is 85.2 cm³/mol. The summed E-state index contributed by atoms with van der Waals surface area (Å²) < 4.78 is 5.03. The Morgan fingerprint density at radius 3 is 2.84 bits per heavy atom. The largest absolute Gasteiger partial charge is 0.389 e. The summed E-state index contributed by atoms with van der Waals surface area (Å²) >= 11 is 11.0. The lowest BCUT2D eigenvalue weighted by Gasteiger charge is -2.17. The van der Waals surface area contributed by atoms with Crippen molar-refractivity contribution in [3.05, 3.63) is 28.8 Å². The minimum atomic E-state index is 0.345. The second-order valence-corrected chi connectivity index (χ2v) is 5.15. The number of methoxy groups -OCH3 is 1. The molecule has 0 amide bonds. The van der Waals surface area contributed by atoms with Crippen molar-refractivity contribution in [2.24, 2.45) is 5.73 Å². The van der Waals surface area contributed by atoms with E-state index in [0.717, 1.165) is 37.5 Å². The van der Waals surface area contributed by atoms with Crippen molar-refractivity contribution in [1.29, 1.82) is 0 Å². The molecule has 0 bridgehead atoms. The molecule has 0 radical (unpaired) electrons. The van der Waals surface area contributed by atoms with Gasteiger partial charge >= 0.3 is 0 Å². The van der Waals surface area contributed by atoms with Crippen molar-refractivity contribution < 1.29 is 4.74 Å². The summed E-state index contributed by atoms with van der Waals surface area (Å²) in [7, 11) is 3.76. The van der Waals surface area contributed by atoms with E-state index < -0.39 is 0 Å². The Morgan fingerprint density at radius 2 is 2.21 bits per heavy atom. The molecule has 0 aliphatic heterocycles. The Kier molecular flexibility index (Phi) is 7.09. The molecule has 1 rings (SSSR count). The van der Waals surface area contributed by atoms with Crippen LogP contribution in [0.2, 0.25) is 5.02 Å². The fraction of sp³-hybridized carbons (Fsp3) is 0.462. The van der Waals surface area contributed by atoms with Gasteiger partial charge in [0.2, 0.25) is 0 Å². The van der Waals surface area contributed by atoms with Crippen LogP contribution in [-0.4, -0.2) is 50.3 Å². The van der Waals surface area contributed by atoms with Crippen molar-refractivity contribution in [2.75, 3.05) is 45.7 Å². The summed E-state index contributed by atoms with van der Waals surface area (Å²) in [5.74, 6) is 0. The first-order valence-corrected chi connectivity index (χ1v) is 6.84. The molecule has 0 fully saturated rings. The average Bonchev–Trinajstić information content (AvgIpc) is 2.37. The molecule has 0 heterocycles. The maximum absolute atomic E-state index is 5.94. The summed E-state index contributed by atoms with van der Waals surface area (Å²) in [6.07, 6.45) is 0. The molecule has 106 valence electrons. The Hall–Kier alpha value is -0.880. The lowest BCUT2D eigenvalue weighted by molar-refractivity contribution is 0.163. The van der Waals surface area contributed by atoms with E-state index in [9.17, 15) is 0 Å². The lowest BCUT2D eigenvalue weighted by atomic mass is 10.2. The van der Waals surface area contributed by atoms with Crippen LogP contribution in [0, 0.1) is 0 Å². The summed E-state index contributed by atoms with van der Waals surface area (Å²) in [5, 5.41) is 3.95. The van der Waals surface area contributed by atoms with E-state index in [0.29, 0.717) is 10.0 Å². The fourth-order valence-electron chi connectivity index (χ4n) is 1.61. The van der Waals surface area contributed by atoms with Gasteiger partial charge < -0.3 is 20.7 Å². The van der Waals surface area contributed by atoms with E-state index in [1.54, 1.807) is 13.2 Å². The Morgan fingerprint density at radius 1 is 1.47 bits per heavy atom. The Balaban J connectivity index is 2.51. The molecule has 0 spiro atoms. The number of nitrogens with zero attached hydrogens (tertiary/aromatic N) is 1. The molecule has 0 unspecified atom stereocenters. The molecule has 0 atom stereocenters. The van der Waals surface area contributed by atoms with Crippen LogP contribution in [0.4, 0.5) is 5.69 Å². The molecule has 0 aromatic heterocycles. The molecular formula is C13H20ClN3OS. The molecule has 4 nitrogen and oxygen atoms in total. The minimum absolute atomic E-state index is 0.345. The first kappa shape index (κ1) is 16.2. The van der Waals surface area contributed by atoms with Gasteiger partial charge in [0.05, 0.1) is 6.61 Å². The number of likely N-dealkylation sites (N-methyl/N-ethyl adjacent to an activating group) is 1. The van der Waals surface area contributed by atoms with Crippen molar-refractivity contribution in [2.45, 2.75) is 0 Å². The van der Waals surface area contributed by atoms with E-state index in [4.69, 9.17) is 34.3 Å². The molecule has 0 aliphatic carbocycles. The third-order valence-electron chi connectivity index (χ3n) is 2.73. The number of anilines is 1. The number of nitrogens with one attached hydrogen (secondary N) is 1. The van der Waals surface area contributed by atoms with Crippen molar-refractivity contribution in [3.63, 3.8) is 0 Å². The van der Waals surface area contributed by atoms with Crippen LogP contribution in [0.5, 0.6) is 0 Å². The van der Waals surface area contributed by atoms with E-state index in [1.165, 1.54) is 0 Å². The minimum Gasteiger partial charge on any atom is -0.389 e. The Bertz CT molecular complexity index is 428. The second-order valence-electron chi connectivity index (χ2n) is 4.28. The number of halogens is 1. The average molecular weight is 302 g/mol. The van der Waals surface area contributed by atoms with Crippen LogP contribution in [0.3, 0.4) is 0 Å². The van der Waals surface area contributed by atoms with Gasteiger partial charge in [0.15, 0.2) is 0 Å². The number of hydrogen-bond acceptors (Lipinski definition) is 4. The van der Waals surface area contributed by atoms with Gasteiger partial charge in [0.25, 0.3) is 0 Å². The SMILES string of the molecule is COCCN(C)CCNc1ccc(Cl)cc1C(N)=S. The maximum atomic E-state index is 5.94. The fourth-order valence-corrected chi connectivity index (χ4v) is 1.96. The van der Waals surface area contributed by atoms with Crippen LogP contribution in [0.15, 0.2) is 18.2 Å². The van der Waals surface area contributed by atoms with Gasteiger partial charge in [-0.2, -0.15) is 0 Å². The summed E-state index contributed by atoms with van der Waals surface area (Å²) in [6, 6.07) is 5.49. The lowest BCUT2D eigenvalue weighted by Crippen LogP contribution is -2.28. The standard InChI is InChI=1S/C13H20ClN3OS/c1-17(7-8-18-2)6-5-16-12-4-3-10(14)9-11(12)13(15)19/h3-4,9,16H,5-8H2,1-2H3,(H2,15,19). The predicted octanol–water partition coefficient (Wildman–Crippen LogP) is 1.96. The normalized spacial score (nSPS) is 10.7. The molecule has 0 aliphatic rings. The van der Waals surface area contributed by atoms with E-state index in [2.05, 4.69) is 17.3 Å². The molecule has 1 aromatic rings. The monoisotopic (exact) mass is 301 g/mol. The number of benzene rings is 1. The van der Waals surface area contributed by atoms with E-state index in [-0.39, 0.29) is 0 Å². The summed E-state index contributed by atoms with van der Waals surface area (Å²) in [5.41, 5.74) is 7.38. The summed E-state index contributed by atoms with van der Waals surface area (Å²) in [4.78, 5) is 2.53. The van der Waals surface area contributed by atoms with Crippen LogP contribution in [0.25, 0.3) is 0 Å². The highest BCUT2D eigenvalue weighted by molar-refractivity contribution is 7.80. The highest BCUT2D eigenvalue weighted by Gasteiger charge is 2.06. The van der Waals surface area contributed by atoms with Gasteiger partial charge in [-0.1, -0.05) is 23.8 Å². The van der Waals surface area contributed by atoms with Crippen LogP contribution >= 0.6 is 23.8 Å². The third-order valence-corrected chi connectivity index (χ3v) is 3.19. The number of nitrogens with two attached hydrogens (primary N) is 1. The zero-order valence-corrected chi connectivity index (χ0v) is 12.9. The van der Waals surface area contributed by atoms with E-state index >= 15 is 0 Å². The van der Waals surface area contributed by atoms with E-state index in [1.807, 2.05) is 12.1 Å².